The molecule has 0 saturated carbocycles. The summed E-state index contributed by atoms with van der Waals surface area (Å²) in [5.74, 6) is 0. The number of piperazine rings is 1. The van der Waals surface area contributed by atoms with E-state index in [0.717, 1.165) is 31.9 Å². The van der Waals surface area contributed by atoms with E-state index in [1.807, 2.05) is 24.3 Å². The molecule has 132 valence electrons. The van der Waals surface area contributed by atoms with Crippen molar-refractivity contribution in [2.24, 2.45) is 0 Å². The van der Waals surface area contributed by atoms with Gasteiger partial charge in [0, 0.05) is 53.3 Å². The summed E-state index contributed by atoms with van der Waals surface area (Å²) in [6.07, 6.45) is 0. The van der Waals surface area contributed by atoms with Gasteiger partial charge in [-0.2, -0.15) is 0 Å². The molecule has 0 atom stereocenters. The number of hydrogen-bond acceptors (Lipinski definition) is 3. The van der Waals surface area contributed by atoms with Crippen molar-refractivity contribution in [3.05, 3.63) is 52.5 Å². The molecule has 7 heteroatoms. The van der Waals surface area contributed by atoms with Crippen LogP contribution in [-0.4, -0.2) is 44.2 Å². The first-order valence-corrected chi connectivity index (χ1v) is 8.83. The zero-order valence-electron chi connectivity index (χ0n) is 13.9. The summed E-state index contributed by atoms with van der Waals surface area (Å²) in [4.78, 5) is 16.8. The summed E-state index contributed by atoms with van der Waals surface area (Å²) >= 11 is 11.9. The lowest BCUT2D eigenvalue weighted by Gasteiger charge is -2.34. The fraction of sp³-hybridized carbons (Fsp3) is 0.278. The average Bonchev–Trinajstić information content (AvgIpc) is 2.55. The van der Waals surface area contributed by atoms with Crippen molar-refractivity contribution in [1.82, 2.24) is 4.90 Å². The minimum atomic E-state index is -0.342. The maximum Gasteiger partial charge on any atom is 0.323 e. The van der Waals surface area contributed by atoms with Crippen molar-refractivity contribution in [3.63, 3.8) is 0 Å². The van der Waals surface area contributed by atoms with Crippen molar-refractivity contribution in [2.45, 2.75) is 0 Å². The Labute approximate surface area is 157 Å². The molecule has 5 nitrogen and oxygen atoms in total. The number of urea groups is 1. The van der Waals surface area contributed by atoms with Crippen LogP contribution in [0.15, 0.2) is 42.5 Å². The lowest BCUT2D eigenvalue weighted by Crippen LogP contribution is -2.44. The van der Waals surface area contributed by atoms with E-state index in [9.17, 15) is 4.79 Å². The zero-order chi connectivity index (χ0) is 17.8. The molecule has 0 radical (unpaired) electrons. The number of hydrogen-bond donors (Lipinski definition) is 2. The predicted octanol–water partition coefficient (Wildman–Crippen LogP) is 4.39. The molecule has 0 aromatic heterocycles. The Balaban J connectivity index is 1.58. The fourth-order valence-electron chi connectivity index (χ4n) is 2.74. The number of halogens is 2. The minimum absolute atomic E-state index is 0.342. The van der Waals surface area contributed by atoms with E-state index in [-0.39, 0.29) is 6.03 Å². The van der Waals surface area contributed by atoms with Crippen molar-refractivity contribution < 1.29 is 4.79 Å². The van der Waals surface area contributed by atoms with Crippen LogP contribution in [0.4, 0.5) is 21.9 Å². The van der Waals surface area contributed by atoms with Gasteiger partial charge in [0.15, 0.2) is 0 Å². The molecule has 1 heterocycles. The Morgan fingerprint density at radius 3 is 2.04 bits per heavy atom. The molecular weight excluding hydrogens is 359 g/mol. The van der Waals surface area contributed by atoms with E-state index < -0.39 is 0 Å². The Morgan fingerprint density at radius 1 is 0.880 bits per heavy atom. The van der Waals surface area contributed by atoms with Crippen LogP contribution in [0.1, 0.15) is 0 Å². The summed E-state index contributed by atoms with van der Waals surface area (Å²) in [6.45, 7) is 4.15. The number of likely N-dealkylation sites (N-methyl/N-ethyl adjacent to an activating group) is 1. The van der Waals surface area contributed by atoms with E-state index in [1.54, 1.807) is 18.2 Å². The molecule has 1 aliphatic heterocycles. The topological polar surface area (TPSA) is 47.6 Å². The highest BCUT2D eigenvalue weighted by Gasteiger charge is 2.14. The quantitative estimate of drug-likeness (QED) is 0.832. The van der Waals surface area contributed by atoms with Gasteiger partial charge in [-0.15, -0.1) is 0 Å². The van der Waals surface area contributed by atoms with Gasteiger partial charge in [0.1, 0.15) is 0 Å². The molecule has 2 amide bonds. The molecule has 25 heavy (non-hydrogen) atoms. The highest BCUT2D eigenvalue weighted by molar-refractivity contribution is 6.35. The van der Waals surface area contributed by atoms with Crippen LogP contribution >= 0.6 is 23.2 Å². The van der Waals surface area contributed by atoms with Crippen LogP contribution in [0.2, 0.25) is 10.0 Å². The third-order valence-electron chi connectivity index (χ3n) is 4.11. The molecule has 0 unspecified atom stereocenters. The summed E-state index contributed by atoms with van der Waals surface area (Å²) in [7, 11) is 2.13. The summed E-state index contributed by atoms with van der Waals surface area (Å²) in [5.41, 5.74) is 2.44. The smallest absolute Gasteiger partial charge is 0.323 e. The van der Waals surface area contributed by atoms with Gasteiger partial charge in [0.05, 0.1) is 0 Å². The van der Waals surface area contributed by atoms with Gasteiger partial charge >= 0.3 is 6.03 Å². The molecule has 1 fully saturated rings. The van der Waals surface area contributed by atoms with E-state index in [1.165, 1.54) is 5.69 Å². The summed E-state index contributed by atoms with van der Waals surface area (Å²) in [6, 6.07) is 12.4. The monoisotopic (exact) mass is 378 g/mol. The second-order valence-corrected chi connectivity index (χ2v) is 6.95. The van der Waals surface area contributed by atoms with Gasteiger partial charge in [-0.05, 0) is 49.5 Å². The number of nitrogens with zero attached hydrogens (tertiary/aromatic N) is 2. The lowest BCUT2D eigenvalue weighted by molar-refractivity contribution is 0.262. The Bertz CT molecular complexity index is 723. The van der Waals surface area contributed by atoms with Gasteiger partial charge < -0.3 is 20.4 Å². The lowest BCUT2D eigenvalue weighted by atomic mass is 10.2. The average molecular weight is 379 g/mol. The summed E-state index contributed by atoms with van der Waals surface area (Å²) < 4.78 is 0. The first-order valence-electron chi connectivity index (χ1n) is 8.07. The van der Waals surface area contributed by atoms with Gasteiger partial charge in [-0.1, -0.05) is 23.2 Å². The van der Waals surface area contributed by atoms with Gasteiger partial charge in [-0.25, -0.2) is 4.79 Å². The van der Waals surface area contributed by atoms with E-state index in [2.05, 4.69) is 27.5 Å². The molecule has 0 spiro atoms. The molecule has 2 aromatic rings. The maximum absolute atomic E-state index is 12.1. The van der Waals surface area contributed by atoms with Crippen LogP contribution in [-0.2, 0) is 0 Å². The molecule has 0 aliphatic carbocycles. The number of carbonyl (C=O) groups excluding carboxylic acids is 1. The third kappa shape index (κ3) is 5.01. The second kappa shape index (κ2) is 7.95. The van der Waals surface area contributed by atoms with Crippen LogP contribution in [0.25, 0.3) is 0 Å². The van der Waals surface area contributed by atoms with Crippen molar-refractivity contribution in [3.8, 4) is 0 Å². The third-order valence-corrected chi connectivity index (χ3v) is 4.55. The molecule has 1 saturated heterocycles. The van der Waals surface area contributed by atoms with E-state index in [0.29, 0.717) is 15.7 Å². The molecule has 1 aliphatic rings. The normalized spacial score (nSPS) is 15.1. The fourth-order valence-corrected chi connectivity index (χ4v) is 3.27. The number of nitrogens with one attached hydrogen (secondary N) is 2. The van der Waals surface area contributed by atoms with Crippen LogP contribution < -0.4 is 15.5 Å². The number of rotatable bonds is 3. The standard InChI is InChI=1S/C18H20Cl2N4O/c1-23-6-8-24(9-7-23)17-4-2-15(3-5-17)21-18(25)22-16-11-13(19)10-14(20)12-16/h2-5,10-12H,6-9H2,1H3,(H2,21,22,25). The van der Waals surface area contributed by atoms with Crippen LogP contribution in [0, 0.1) is 0 Å². The number of anilines is 3. The molecular formula is C18H20Cl2N4O. The van der Waals surface area contributed by atoms with Crippen molar-refractivity contribution >= 4 is 46.3 Å². The zero-order valence-corrected chi connectivity index (χ0v) is 15.4. The molecule has 0 bridgehead atoms. The first kappa shape index (κ1) is 17.9. The molecule has 3 rings (SSSR count). The second-order valence-electron chi connectivity index (χ2n) is 6.07. The largest absolute Gasteiger partial charge is 0.369 e. The minimum Gasteiger partial charge on any atom is -0.369 e. The Hall–Kier alpha value is -1.95. The van der Waals surface area contributed by atoms with Gasteiger partial charge in [0.2, 0.25) is 0 Å². The van der Waals surface area contributed by atoms with Crippen molar-refractivity contribution in [1.29, 1.82) is 0 Å². The van der Waals surface area contributed by atoms with Crippen LogP contribution in [0.3, 0.4) is 0 Å². The molecule has 2 aromatic carbocycles. The maximum atomic E-state index is 12.1. The number of carbonyl (C=O) groups is 1. The van der Waals surface area contributed by atoms with E-state index >= 15 is 0 Å². The Morgan fingerprint density at radius 2 is 1.44 bits per heavy atom. The van der Waals surface area contributed by atoms with Gasteiger partial charge in [0.25, 0.3) is 0 Å². The summed E-state index contributed by atoms with van der Waals surface area (Å²) in [5, 5.41) is 6.47. The highest BCUT2D eigenvalue weighted by Crippen LogP contribution is 2.23. The Kier molecular flexibility index (Phi) is 5.68. The van der Waals surface area contributed by atoms with Crippen LogP contribution in [0.5, 0.6) is 0 Å². The van der Waals surface area contributed by atoms with E-state index in [4.69, 9.17) is 23.2 Å². The molecule has 2 N–H and O–H groups in total. The predicted molar refractivity (Wildman–Crippen MR) is 105 cm³/mol. The first-order chi connectivity index (χ1) is 12.0. The van der Waals surface area contributed by atoms with Crippen molar-refractivity contribution in [2.75, 3.05) is 48.8 Å². The van der Waals surface area contributed by atoms with Gasteiger partial charge in [-0.3, -0.25) is 0 Å². The number of amides is 2. The highest BCUT2D eigenvalue weighted by atomic mass is 35.5. The SMILES string of the molecule is CN1CCN(c2ccc(NC(=O)Nc3cc(Cl)cc(Cl)c3)cc2)CC1. The number of benzene rings is 2.